The van der Waals surface area contributed by atoms with Gasteiger partial charge < -0.3 is 15.2 Å². The monoisotopic (exact) mass is 173 g/mol. The summed E-state index contributed by atoms with van der Waals surface area (Å²) in [6.45, 7) is 6.51. The first kappa shape index (κ1) is 9.96. The molecule has 1 saturated heterocycles. The van der Waals surface area contributed by atoms with E-state index in [0.717, 1.165) is 18.9 Å². The van der Waals surface area contributed by atoms with Crippen LogP contribution < -0.4 is 5.32 Å². The van der Waals surface area contributed by atoms with Crippen LogP contribution >= 0.6 is 0 Å². The molecule has 2 N–H and O–H groups in total. The number of ether oxygens (including phenoxy) is 1. The van der Waals surface area contributed by atoms with Crippen LogP contribution in [-0.2, 0) is 4.74 Å². The van der Waals surface area contributed by atoms with Crippen LogP contribution in [0.5, 0.6) is 0 Å². The van der Waals surface area contributed by atoms with E-state index in [0.29, 0.717) is 13.2 Å². The summed E-state index contributed by atoms with van der Waals surface area (Å²) in [5.41, 5.74) is 0. The lowest BCUT2D eigenvalue weighted by Crippen LogP contribution is -2.39. The summed E-state index contributed by atoms with van der Waals surface area (Å²) in [7, 11) is 0. The zero-order valence-electron chi connectivity index (χ0n) is 7.92. The lowest BCUT2D eigenvalue weighted by molar-refractivity contribution is 0.122. The van der Waals surface area contributed by atoms with Gasteiger partial charge in [-0.15, -0.1) is 0 Å². The minimum atomic E-state index is -0.308. The van der Waals surface area contributed by atoms with E-state index in [1.54, 1.807) is 0 Å². The molecule has 12 heavy (non-hydrogen) atoms. The first-order chi connectivity index (χ1) is 5.70. The summed E-state index contributed by atoms with van der Waals surface area (Å²) in [5.74, 6) is 0.719. The van der Waals surface area contributed by atoms with Crippen molar-refractivity contribution in [3.63, 3.8) is 0 Å². The normalized spacial score (nSPS) is 30.0. The van der Waals surface area contributed by atoms with Gasteiger partial charge in [-0.3, -0.25) is 0 Å². The second-order valence-corrected chi connectivity index (χ2v) is 3.85. The van der Waals surface area contributed by atoms with Crippen LogP contribution in [0.1, 0.15) is 20.3 Å². The van der Waals surface area contributed by atoms with Crippen LogP contribution in [0, 0.1) is 5.92 Å². The molecule has 72 valence electrons. The number of aliphatic hydroxyl groups is 1. The first-order valence-corrected chi connectivity index (χ1v) is 4.69. The third-order valence-electron chi connectivity index (χ3n) is 2.18. The minimum Gasteiger partial charge on any atom is -0.389 e. The zero-order chi connectivity index (χ0) is 8.97. The zero-order valence-corrected chi connectivity index (χ0v) is 7.92. The van der Waals surface area contributed by atoms with Gasteiger partial charge in [0.25, 0.3) is 0 Å². The van der Waals surface area contributed by atoms with Crippen molar-refractivity contribution in [3.05, 3.63) is 0 Å². The summed E-state index contributed by atoms with van der Waals surface area (Å²) in [4.78, 5) is 0. The number of aliphatic hydroxyl groups excluding tert-OH is 1. The van der Waals surface area contributed by atoms with Crippen LogP contribution in [0.15, 0.2) is 0 Å². The van der Waals surface area contributed by atoms with Crippen molar-refractivity contribution in [1.29, 1.82) is 0 Å². The molecular formula is C9H19NO2. The molecule has 0 saturated carbocycles. The van der Waals surface area contributed by atoms with Crippen LogP contribution in [0.3, 0.4) is 0 Å². The fourth-order valence-corrected chi connectivity index (χ4v) is 1.30. The highest BCUT2D eigenvalue weighted by Gasteiger charge is 2.24. The van der Waals surface area contributed by atoms with Gasteiger partial charge in [0.1, 0.15) is 0 Å². The lowest BCUT2D eigenvalue weighted by atomic mass is 10.1. The third-order valence-corrected chi connectivity index (χ3v) is 2.18. The standard InChI is InChI=1S/C9H19NO2/c1-7(2)3-4-10-8-5-12-6-9(8)11/h7-11H,3-6H2,1-2H3/t8-,9-/m1/s1. The summed E-state index contributed by atoms with van der Waals surface area (Å²) >= 11 is 0. The van der Waals surface area contributed by atoms with Gasteiger partial charge in [-0.2, -0.15) is 0 Å². The molecule has 3 heteroatoms. The van der Waals surface area contributed by atoms with E-state index in [4.69, 9.17) is 4.74 Å². The van der Waals surface area contributed by atoms with E-state index >= 15 is 0 Å². The van der Waals surface area contributed by atoms with E-state index in [1.807, 2.05) is 0 Å². The van der Waals surface area contributed by atoms with Gasteiger partial charge in [0.05, 0.1) is 25.4 Å². The Morgan fingerprint density at radius 3 is 2.75 bits per heavy atom. The highest BCUT2D eigenvalue weighted by atomic mass is 16.5. The molecule has 0 unspecified atom stereocenters. The average molecular weight is 173 g/mol. The molecule has 0 aromatic heterocycles. The molecule has 0 radical (unpaired) electrons. The topological polar surface area (TPSA) is 41.5 Å². The van der Waals surface area contributed by atoms with Crippen LogP contribution in [0.2, 0.25) is 0 Å². The van der Waals surface area contributed by atoms with E-state index in [-0.39, 0.29) is 12.1 Å². The molecule has 1 fully saturated rings. The van der Waals surface area contributed by atoms with Gasteiger partial charge in [0.15, 0.2) is 0 Å². The van der Waals surface area contributed by atoms with Gasteiger partial charge in [-0.1, -0.05) is 13.8 Å². The fourth-order valence-electron chi connectivity index (χ4n) is 1.30. The van der Waals surface area contributed by atoms with Crippen molar-refractivity contribution in [2.75, 3.05) is 19.8 Å². The second-order valence-electron chi connectivity index (χ2n) is 3.85. The Kier molecular flexibility index (Phi) is 3.98. The molecule has 1 heterocycles. The molecule has 0 amide bonds. The Hall–Kier alpha value is -0.120. The lowest BCUT2D eigenvalue weighted by Gasteiger charge is -2.14. The van der Waals surface area contributed by atoms with Crippen molar-refractivity contribution in [1.82, 2.24) is 5.32 Å². The van der Waals surface area contributed by atoms with Crippen LogP contribution in [-0.4, -0.2) is 37.0 Å². The van der Waals surface area contributed by atoms with Crippen molar-refractivity contribution in [3.8, 4) is 0 Å². The van der Waals surface area contributed by atoms with Crippen LogP contribution in [0.25, 0.3) is 0 Å². The van der Waals surface area contributed by atoms with E-state index in [1.165, 1.54) is 0 Å². The van der Waals surface area contributed by atoms with Crippen molar-refractivity contribution in [2.45, 2.75) is 32.4 Å². The maximum absolute atomic E-state index is 9.37. The molecule has 0 spiro atoms. The summed E-state index contributed by atoms with van der Waals surface area (Å²) in [6.07, 6.45) is 0.848. The summed E-state index contributed by atoms with van der Waals surface area (Å²) in [6, 6.07) is 0.156. The molecule has 3 nitrogen and oxygen atoms in total. The third kappa shape index (κ3) is 3.09. The molecule has 0 bridgehead atoms. The van der Waals surface area contributed by atoms with E-state index in [9.17, 15) is 5.11 Å². The van der Waals surface area contributed by atoms with Crippen LogP contribution in [0.4, 0.5) is 0 Å². The molecule has 1 aliphatic rings. The molecule has 1 rings (SSSR count). The highest BCUT2D eigenvalue weighted by molar-refractivity contribution is 4.80. The second kappa shape index (κ2) is 4.80. The maximum Gasteiger partial charge on any atom is 0.0948 e. The Bertz CT molecular complexity index is 128. The number of hydrogen-bond acceptors (Lipinski definition) is 3. The Labute approximate surface area is 74.1 Å². The van der Waals surface area contributed by atoms with Gasteiger partial charge in [-0.05, 0) is 18.9 Å². The smallest absolute Gasteiger partial charge is 0.0948 e. The number of nitrogens with one attached hydrogen (secondary N) is 1. The SMILES string of the molecule is CC(C)CCN[C@@H]1COC[C@H]1O. The highest BCUT2D eigenvalue weighted by Crippen LogP contribution is 2.05. The van der Waals surface area contributed by atoms with Gasteiger partial charge >= 0.3 is 0 Å². The average Bonchev–Trinajstić information content (AvgIpc) is 2.36. The fraction of sp³-hybridized carbons (Fsp3) is 1.00. The summed E-state index contributed by atoms with van der Waals surface area (Å²) < 4.78 is 5.11. The molecule has 1 aliphatic heterocycles. The predicted octanol–water partition coefficient (Wildman–Crippen LogP) is 0.382. The van der Waals surface area contributed by atoms with Crippen molar-refractivity contribution < 1.29 is 9.84 Å². The van der Waals surface area contributed by atoms with E-state index in [2.05, 4.69) is 19.2 Å². The van der Waals surface area contributed by atoms with Crippen molar-refractivity contribution in [2.24, 2.45) is 5.92 Å². The summed E-state index contributed by atoms with van der Waals surface area (Å²) in [5, 5.41) is 12.7. The maximum atomic E-state index is 9.37. The van der Waals surface area contributed by atoms with E-state index < -0.39 is 0 Å². The molecule has 0 aliphatic carbocycles. The largest absolute Gasteiger partial charge is 0.389 e. The Morgan fingerprint density at radius 1 is 1.50 bits per heavy atom. The van der Waals surface area contributed by atoms with Gasteiger partial charge in [-0.25, -0.2) is 0 Å². The molecule has 0 aromatic carbocycles. The molecular weight excluding hydrogens is 154 g/mol. The minimum absolute atomic E-state index is 0.156. The quantitative estimate of drug-likeness (QED) is 0.646. The Morgan fingerprint density at radius 2 is 2.25 bits per heavy atom. The number of rotatable bonds is 4. The van der Waals surface area contributed by atoms with Gasteiger partial charge in [0.2, 0.25) is 0 Å². The van der Waals surface area contributed by atoms with Gasteiger partial charge in [0, 0.05) is 0 Å². The predicted molar refractivity (Wildman–Crippen MR) is 48.1 cm³/mol. The molecule has 0 aromatic rings. The van der Waals surface area contributed by atoms with Crippen molar-refractivity contribution >= 4 is 0 Å². The number of hydrogen-bond donors (Lipinski definition) is 2. The Balaban J connectivity index is 2.06. The molecule has 2 atom stereocenters. The first-order valence-electron chi connectivity index (χ1n) is 4.69.